The molecule has 2 fully saturated rings. The summed E-state index contributed by atoms with van der Waals surface area (Å²) in [4.78, 5) is 56.6. The Morgan fingerprint density at radius 2 is 1.14 bits per heavy atom. The molecule has 4 atom stereocenters. The molecule has 74 heavy (non-hydrogen) atoms. The molecule has 2 aliphatic rings. The van der Waals surface area contributed by atoms with E-state index in [1.165, 1.54) is 52.3 Å². The van der Waals surface area contributed by atoms with Crippen molar-refractivity contribution in [2.75, 3.05) is 33.8 Å². The first-order chi connectivity index (χ1) is 35.2. The number of nitrogens with one attached hydrogen (secondary N) is 1. The van der Waals surface area contributed by atoms with Crippen molar-refractivity contribution < 1.29 is 28.5 Å². The molecule has 2 saturated carbocycles. The predicted octanol–water partition coefficient (Wildman–Crippen LogP) is 12.7. The Balaban J connectivity index is 0.000000247. The monoisotopic (exact) mass is 1120 g/mol. The smallest absolute Gasteiger partial charge is 0.306 e. The summed E-state index contributed by atoms with van der Waals surface area (Å²) < 4.78 is 29.9. The number of anilines is 1. The second kappa shape index (κ2) is 26.6. The van der Waals surface area contributed by atoms with E-state index in [1.54, 1.807) is 41.2 Å². The van der Waals surface area contributed by atoms with Crippen LogP contribution in [0.4, 0.5) is 5.95 Å². The number of fused-ring (bicyclic) bond motifs is 2. The van der Waals surface area contributed by atoms with Crippen LogP contribution in [0.3, 0.4) is 0 Å². The summed E-state index contributed by atoms with van der Waals surface area (Å²) in [6.45, 7) is 16.3. The Morgan fingerprint density at radius 1 is 0.689 bits per heavy atom. The molecule has 0 aliphatic heterocycles. The lowest BCUT2D eigenvalue weighted by Gasteiger charge is -2.24. The Morgan fingerprint density at radius 3 is 1.53 bits per heavy atom. The summed E-state index contributed by atoms with van der Waals surface area (Å²) >= 11 is 32.0. The number of nitrogens with zero attached hydrogens (tertiary/aromatic N) is 6. The van der Waals surface area contributed by atoms with E-state index in [0.29, 0.717) is 87.7 Å². The number of carbonyl (C=O) groups excluding carboxylic acids is 1. The van der Waals surface area contributed by atoms with E-state index >= 15 is 0 Å². The molecule has 6 aromatic rings. The van der Waals surface area contributed by atoms with E-state index in [0.717, 1.165) is 25.2 Å². The number of benzene rings is 2. The Bertz CT molecular complexity index is 3010. The highest BCUT2D eigenvalue weighted by molar-refractivity contribution is 6.42. The van der Waals surface area contributed by atoms with E-state index in [9.17, 15) is 14.4 Å². The summed E-state index contributed by atoms with van der Waals surface area (Å²) in [5.74, 6) is 2.46. The van der Waals surface area contributed by atoms with Gasteiger partial charge in [-0.15, -0.1) is 0 Å². The average Bonchev–Trinajstić information content (AvgIpc) is 3.97. The molecule has 0 saturated heterocycles. The zero-order valence-electron chi connectivity index (χ0n) is 44.1. The number of hydrogen-bond donors (Lipinski definition) is 2. The van der Waals surface area contributed by atoms with Crippen LogP contribution in [-0.4, -0.2) is 81.2 Å². The minimum absolute atomic E-state index is 0.0258. The van der Waals surface area contributed by atoms with Gasteiger partial charge in [0.2, 0.25) is 11.2 Å². The van der Waals surface area contributed by atoms with Crippen LogP contribution in [-0.2, 0) is 22.6 Å². The fraction of sp³-hybridized carbons (Fsp3) is 0.491. The summed E-state index contributed by atoms with van der Waals surface area (Å²) in [5.41, 5.74) is 6.68. The van der Waals surface area contributed by atoms with Gasteiger partial charge in [-0.05, 0) is 95.9 Å². The molecular weight excluding hydrogens is 1050 g/mol. The van der Waals surface area contributed by atoms with E-state index in [-0.39, 0.29) is 65.5 Å². The van der Waals surface area contributed by atoms with E-state index in [4.69, 9.17) is 92.4 Å². The summed E-state index contributed by atoms with van der Waals surface area (Å²) in [7, 11) is 5.90. The molecule has 0 bridgehead atoms. The van der Waals surface area contributed by atoms with E-state index in [2.05, 4.69) is 27.2 Å². The van der Waals surface area contributed by atoms with Crippen LogP contribution in [0.15, 0.2) is 46.2 Å². The van der Waals surface area contributed by atoms with Crippen molar-refractivity contribution >= 4 is 92.0 Å². The highest BCUT2D eigenvalue weighted by Gasteiger charge is 2.32. The largest absolute Gasteiger partial charge is 0.495 e. The van der Waals surface area contributed by atoms with Crippen molar-refractivity contribution in [3.63, 3.8) is 0 Å². The maximum atomic E-state index is 13.7. The van der Waals surface area contributed by atoms with Gasteiger partial charge in [0, 0.05) is 71.6 Å². The van der Waals surface area contributed by atoms with E-state index in [1.807, 2.05) is 48.5 Å². The predicted molar refractivity (Wildman–Crippen MR) is 299 cm³/mol. The first-order valence-electron chi connectivity index (χ1n) is 24.6. The number of esters is 1. The van der Waals surface area contributed by atoms with Gasteiger partial charge in [-0.1, -0.05) is 80.0 Å². The number of nitrogens with two attached hydrogens (primary N) is 1. The highest BCUT2D eigenvalue weighted by atomic mass is 35.5. The maximum Gasteiger partial charge on any atom is 0.306 e. The lowest BCUT2D eigenvalue weighted by Crippen LogP contribution is -2.30. The molecule has 16 nitrogen and oxygen atoms in total. The van der Waals surface area contributed by atoms with Crippen LogP contribution in [0.1, 0.15) is 100 Å². The van der Waals surface area contributed by atoms with Gasteiger partial charge in [0.05, 0.1) is 66.1 Å². The Kier molecular flexibility index (Phi) is 21.5. The van der Waals surface area contributed by atoms with Gasteiger partial charge >= 0.3 is 5.97 Å². The minimum Gasteiger partial charge on any atom is -0.495 e. The maximum absolute atomic E-state index is 13.7. The molecule has 4 heterocycles. The number of halogens is 5. The van der Waals surface area contributed by atoms with Crippen molar-refractivity contribution in [1.82, 2.24) is 29.1 Å². The number of pyridine rings is 2. The first kappa shape index (κ1) is 59.8. The van der Waals surface area contributed by atoms with Crippen LogP contribution in [0.5, 0.6) is 23.0 Å². The molecule has 2 aliphatic carbocycles. The third-order valence-electron chi connectivity index (χ3n) is 12.7. The number of hydrogen-bond acceptors (Lipinski definition) is 14. The summed E-state index contributed by atoms with van der Waals surface area (Å²) in [5, 5.41) is 5.57. The van der Waals surface area contributed by atoms with E-state index < -0.39 is 5.60 Å². The van der Waals surface area contributed by atoms with Crippen LogP contribution in [0.25, 0.3) is 44.3 Å². The fourth-order valence-electron chi connectivity index (χ4n) is 8.96. The van der Waals surface area contributed by atoms with Gasteiger partial charge in [-0.3, -0.25) is 23.5 Å². The van der Waals surface area contributed by atoms with Gasteiger partial charge in [-0.25, -0.2) is 9.97 Å². The molecule has 2 aromatic carbocycles. The van der Waals surface area contributed by atoms with Crippen LogP contribution in [0, 0.1) is 11.8 Å². The van der Waals surface area contributed by atoms with Gasteiger partial charge in [0.15, 0.2) is 0 Å². The van der Waals surface area contributed by atoms with Crippen molar-refractivity contribution in [1.29, 1.82) is 0 Å². The Labute approximate surface area is 457 Å². The van der Waals surface area contributed by atoms with Crippen molar-refractivity contribution in [2.45, 2.75) is 131 Å². The summed E-state index contributed by atoms with van der Waals surface area (Å²) in [6.07, 6.45) is 10.3. The number of aryl methyl sites for hydroxylation is 2. The number of rotatable bonds is 12. The molecule has 0 spiro atoms. The SMILES string of the molecule is CC.CCn1c(=O)c(-c2c(Cl)c(OC)cc(OC)c2Cl)cc2cnc(Cl)nc21.CCn1c(=O)c(-c2c(Cl)c(OC)cc(OC)c2Cl)cc2cnc(NC3CCC[C@@H]3CC(=O)OC(C)(C)C)nc21.C[C@H]1CCC[C@H]1N. The number of aromatic nitrogens is 6. The van der Waals surface area contributed by atoms with Gasteiger partial charge < -0.3 is 34.7 Å². The van der Waals surface area contributed by atoms with Crippen LogP contribution < -0.4 is 41.1 Å². The van der Waals surface area contributed by atoms with Gasteiger partial charge in [0.1, 0.15) is 39.9 Å². The molecule has 21 heteroatoms. The normalized spacial score (nSPS) is 17.1. The average molecular weight is 1120 g/mol. The molecule has 1 unspecified atom stereocenters. The Hall–Kier alpha value is -5.10. The highest BCUT2D eigenvalue weighted by Crippen LogP contribution is 2.47. The summed E-state index contributed by atoms with van der Waals surface area (Å²) in [6, 6.07) is 6.99. The zero-order chi connectivity index (χ0) is 54.8. The molecule has 402 valence electrons. The van der Waals surface area contributed by atoms with Gasteiger partial charge in [-0.2, -0.15) is 9.97 Å². The third-order valence-corrected chi connectivity index (χ3v) is 14.4. The molecule has 4 aromatic heterocycles. The van der Waals surface area contributed by atoms with Crippen molar-refractivity contribution in [3.8, 4) is 45.3 Å². The lowest BCUT2D eigenvalue weighted by atomic mass is 9.99. The number of methoxy groups -OCH3 is 4. The van der Waals surface area contributed by atoms with Crippen molar-refractivity contribution in [3.05, 3.63) is 82.7 Å². The van der Waals surface area contributed by atoms with Gasteiger partial charge in [0.25, 0.3) is 11.1 Å². The molecule has 3 N–H and O–H groups in total. The second-order valence-corrected chi connectivity index (χ2v) is 20.3. The third kappa shape index (κ3) is 13.6. The lowest BCUT2D eigenvalue weighted by molar-refractivity contribution is -0.156. The van der Waals surface area contributed by atoms with Crippen LogP contribution in [0.2, 0.25) is 25.4 Å². The molecule has 8 rings (SSSR count). The topological polar surface area (TPSA) is 197 Å². The number of ether oxygens (including phenoxy) is 5. The fourth-order valence-corrected chi connectivity index (χ4v) is 10.5. The standard InChI is InChI=1S/C28H34Cl2N4O5.C17H14Cl3N3O3.C6H13N.C2H6/c1-7-34-25-16(11-17(26(34)36)22-23(29)19(37-5)13-20(38-6)24(22)30)14-31-27(33-25)32-18-10-8-9-15(18)12-21(35)39-28(2,3)4;1-4-23-15-8(7-21-17(20)22-15)5-9(16(23)24)12-13(18)10(25-2)6-11(26-3)14(12)19;1-5-3-2-4-6(5)7;1-2/h11,13-15,18H,7-10,12H2,1-6H3,(H,31,32,33);5-7H,4H2,1-3H3;5-6H,2-4,7H2,1H3;1-2H3/t15-,18?;;5-,6+;/m1.0./s1. The molecule has 0 radical (unpaired) electrons. The van der Waals surface area contributed by atoms with Crippen LogP contribution >= 0.6 is 58.0 Å². The minimum atomic E-state index is -0.521. The number of carbonyl (C=O) groups is 1. The molecule has 0 amide bonds. The second-order valence-electron chi connectivity index (χ2n) is 18.5. The molecular formula is C53H67Cl5N8O8. The first-order valence-corrected chi connectivity index (χ1v) is 26.5. The quantitative estimate of drug-likeness (QED) is 0.0867. The van der Waals surface area contributed by atoms with Crippen molar-refractivity contribution in [2.24, 2.45) is 17.6 Å². The zero-order valence-corrected chi connectivity index (χ0v) is 47.8.